The van der Waals surface area contributed by atoms with Gasteiger partial charge in [0.05, 0.1) is 13.2 Å². The van der Waals surface area contributed by atoms with Crippen molar-refractivity contribution in [2.24, 2.45) is 0 Å². The van der Waals surface area contributed by atoms with Gasteiger partial charge in [0.1, 0.15) is 0 Å². The van der Waals surface area contributed by atoms with E-state index in [1.807, 2.05) is 0 Å². The SMILES string of the molecule is CC(NC(=O)Nc1ccncc1)C1(N2CCOCC2)CCCC1. The van der Waals surface area contributed by atoms with Crippen molar-refractivity contribution in [3.63, 3.8) is 0 Å². The zero-order chi connectivity index (χ0) is 16.1. The van der Waals surface area contributed by atoms with E-state index in [1.54, 1.807) is 24.5 Å². The van der Waals surface area contributed by atoms with Crippen LogP contribution in [0.2, 0.25) is 0 Å². The monoisotopic (exact) mass is 318 g/mol. The lowest BCUT2D eigenvalue weighted by Crippen LogP contribution is -2.62. The molecule has 0 aromatic carbocycles. The quantitative estimate of drug-likeness (QED) is 0.893. The van der Waals surface area contributed by atoms with Crippen molar-refractivity contribution in [1.82, 2.24) is 15.2 Å². The molecule has 0 radical (unpaired) electrons. The zero-order valence-electron chi connectivity index (χ0n) is 13.8. The van der Waals surface area contributed by atoms with Crippen molar-refractivity contribution in [2.45, 2.75) is 44.2 Å². The maximum absolute atomic E-state index is 12.3. The van der Waals surface area contributed by atoms with Crippen molar-refractivity contribution < 1.29 is 9.53 Å². The second-order valence-electron chi connectivity index (χ2n) is 6.47. The van der Waals surface area contributed by atoms with Crippen LogP contribution < -0.4 is 10.6 Å². The maximum Gasteiger partial charge on any atom is 0.319 e. The molecule has 2 aliphatic rings. The van der Waals surface area contributed by atoms with Gasteiger partial charge in [-0.2, -0.15) is 0 Å². The maximum atomic E-state index is 12.3. The molecule has 23 heavy (non-hydrogen) atoms. The fraction of sp³-hybridized carbons (Fsp3) is 0.647. The summed E-state index contributed by atoms with van der Waals surface area (Å²) in [5, 5.41) is 6.04. The van der Waals surface area contributed by atoms with Crippen molar-refractivity contribution in [3.05, 3.63) is 24.5 Å². The number of hydrogen-bond donors (Lipinski definition) is 2. The second-order valence-corrected chi connectivity index (χ2v) is 6.47. The Labute approximate surface area is 137 Å². The number of nitrogens with zero attached hydrogens (tertiary/aromatic N) is 2. The first-order valence-corrected chi connectivity index (χ1v) is 8.51. The molecule has 6 heteroatoms. The van der Waals surface area contributed by atoms with E-state index in [9.17, 15) is 4.79 Å². The zero-order valence-corrected chi connectivity index (χ0v) is 13.8. The van der Waals surface area contributed by atoms with Crippen LogP contribution >= 0.6 is 0 Å². The first-order chi connectivity index (χ1) is 11.2. The van der Waals surface area contributed by atoms with Gasteiger partial charge in [-0.25, -0.2) is 4.79 Å². The lowest BCUT2D eigenvalue weighted by Gasteiger charge is -2.47. The van der Waals surface area contributed by atoms with E-state index >= 15 is 0 Å². The summed E-state index contributed by atoms with van der Waals surface area (Å²) in [5.41, 5.74) is 0.830. The third kappa shape index (κ3) is 3.64. The highest BCUT2D eigenvalue weighted by Gasteiger charge is 2.44. The van der Waals surface area contributed by atoms with Crippen LogP contribution in [0.25, 0.3) is 0 Å². The Hall–Kier alpha value is -1.66. The molecule has 0 bridgehead atoms. The van der Waals surface area contributed by atoms with Crippen LogP contribution in [-0.2, 0) is 4.74 Å². The van der Waals surface area contributed by atoms with Crippen LogP contribution in [0.5, 0.6) is 0 Å². The summed E-state index contributed by atoms with van der Waals surface area (Å²) < 4.78 is 5.50. The van der Waals surface area contributed by atoms with Crippen LogP contribution in [0.1, 0.15) is 32.6 Å². The Kier molecular flexibility index (Phi) is 5.13. The number of carbonyl (C=O) groups is 1. The van der Waals surface area contributed by atoms with E-state index in [4.69, 9.17) is 4.74 Å². The van der Waals surface area contributed by atoms with Gasteiger partial charge in [-0.05, 0) is 31.9 Å². The van der Waals surface area contributed by atoms with E-state index in [0.29, 0.717) is 0 Å². The summed E-state index contributed by atoms with van der Waals surface area (Å²) in [6.45, 7) is 5.62. The molecule has 126 valence electrons. The standard InChI is InChI=1S/C17H26N4O2/c1-14(19-16(22)20-15-4-8-18-9-5-15)17(6-2-3-7-17)21-10-12-23-13-11-21/h4-5,8-9,14H,2-3,6-7,10-13H2,1H3,(H2,18,19,20,22). The van der Waals surface area contributed by atoms with Gasteiger partial charge in [0.15, 0.2) is 0 Å². The third-order valence-corrected chi connectivity index (χ3v) is 5.20. The highest BCUT2D eigenvalue weighted by molar-refractivity contribution is 5.89. The highest BCUT2D eigenvalue weighted by Crippen LogP contribution is 2.38. The molecule has 1 aromatic heterocycles. The van der Waals surface area contributed by atoms with Gasteiger partial charge in [0.25, 0.3) is 0 Å². The van der Waals surface area contributed by atoms with Crippen LogP contribution in [-0.4, -0.2) is 53.8 Å². The van der Waals surface area contributed by atoms with E-state index in [-0.39, 0.29) is 17.6 Å². The van der Waals surface area contributed by atoms with E-state index < -0.39 is 0 Å². The number of nitrogens with one attached hydrogen (secondary N) is 2. The van der Waals surface area contributed by atoms with E-state index in [1.165, 1.54) is 12.8 Å². The number of rotatable bonds is 4. The molecule has 3 rings (SSSR count). The number of ether oxygens (including phenoxy) is 1. The minimum absolute atomic E-state index is 0.0688. The molecular formula is C17H26N4O2. The molecular weight excluding hydrogens is 292 g/mol. The van der Waals surface area contributed by atoms with Gasteiger partial charge in [-0.1, -0.05) is 12.8 Å². The molecule has 2 N–H and O–H groups in total. The molecule has 1 saturated heterocycles. The van der Waals surface area contributed by atoms with Gasteiger partial charge in [0, 0.05) is 42.8 Å². The summed E-state index contributed by atoms with van der Waals surface area (Å²) in [6.07, 6.45) is 8.09. The summed E-state index contributed by atoms with van der Waals surface area (Å²) in [5.74, 6) is 0. The van der Waals surface area contributed by atoms with Crippen molar-refractivity contribution in [3.8, 4) is 0 Å². The van der Waals surface area contributed by atoms with Crippen molar-refractivity contribution >= 4 is 11.7 Å². The number of aromatic nitrogens is 1. The first kappa shape index (κ1) is 16.2. The van der Waals surface area contributed by atoms with Crippen LogP contribution in [0.3, 0.4) is 0 Å². The molecule has 1 saturated carbocycles. The lowest BCUT2D eigenvalue weighted by molar-refractivity contribution is -0.0315. The number of pyridine rings is 1. The van der Waals surface area contributed by atoms with Gasteiger partial charge in [-0.3, -0.25) is 9.88 Å². The predicted molar refractivity (Wildman–Crippen MR) is 89.4 cm³/mol. The smallest absolute Gasteiger partial charge is 0.319 e. The van der Waals surface area contributed by atoms with E-state index in [0.717, 1.165) is 44.8 Å². The Morgan fingerprint density at radius 2 is 1.91 bits per heavy atom. The normalized spacial score (nSPS) is 22.5. The minimum Gasteiger partial charge on any atom is -0.379 e. The van der Waals surface area contributed by atoms with E-state index in [2.05, 4.69) is 27.4 Å². The molecule has 1 aliphatic carbocycles. The second kappa shape index (κ2) is 7.27. The Morgan fingerprint density at radius 3 is 2.57 bits per heavy atom. The van der Waals surface area contributed by atoms with Gasteiger partial charge < -0.3 is 15.4 Å². The van der Waals surface area contributed by atoms with Crippen LogP contribution in [0, 0.1) is 0 Å². The summed E-state index contributed by atoms with van der Waals surface area (Å²) >= 11 is 0. The molecule has 2 fully saturated rings. The summed E-state index contributed by atoms with van der Waals surface area (Å²) in [4.78, 5) is 18.8. The van der Waals surface area contributed by atoms with Gasteiger partial charge in [0.2, 0.25) is 0 Å². The molecule has 1 atom stereocenters. The Morgan fingerprint density at radius 1 is 1.26 bits per heavy atom. The molecule has 1 unspecified atom stereocenters. The van der Waals surface area contributed by atoms with Crippen LogP contribution in [0.15, 0.2) is 24.5 Å². The van der Waals surface area contributed by atoms with Crippen LogP contribution in [0.4, 0.5) is 10.5 Å². The Bertz CT molecular complexity index is 511. The van der Waals surface area contributed by atoms with Gasteiger partial charge in [-0.15, -0.1) is 0 Å². The number of amides is 2. The Balaban J connectivity index is 1.64. The molecule has 0 spiro atoms. The van der Waals surface area contributed by atoms with Crippen molar-refractivity contribution in [1.29, 1.82) is 0 Å². The number of hydrogen-bond acceptors (Lipinski definition) is 4. The number of urea groups is 1. The molecule has 1 aliphatic heterocycles. The lowest BCUT2D eigenvalue weighted by atomic mass is 9.86. The number of morpholine rings is 1. The highest BCUT2D eigenvalue weighted by atomic mass is 16.5. The topological polar surface area (TPSA) is 66.5 Å². The number of carbonyl (C=O) groups excluding carboxylic acids is 1. The average Bonchev–Trinajstić information content (AvgIpc) is 3.07. The molecule has 2 heterocycles. The summed E-state index contributed by atoms with van der Waals surface area (Å²) in [7, 11) is 0. The molecule has 2 amide bonds. The number of anilines is 1. The van der Waals surface area contributed by atoms with Crippen molar-refractivity contribution in [2.75, 3.05) is 31.6 Å². The predicted octanol–water partition coefficient (Wildman–Crippen LogP) is 2.24. The third-order valence-electron chi connectivity index (χ3n) is 5.20. The summed E-state index contributed by atoms with van der Waals surface area (Å²) in [6, 6.07) is 3.53. The van der Waals surface area contributed by atoms with Gasteiger partial charge >= 0.3 is 6.03 Å². The minimum atomic E-state index is -0.150. The molecule has 1 aromatic rings. The molecule has 6 nitrogen and oxygen atoms in total. The fourth-order valence-electron chi connectivity index (χ4n) is 3.95. The first-order valence-electron chi connectivity index (χ1n) is 8.51. The largest absolute Gasteiger partial charge is 0.379 e. The fourth-order valence-corrected chi connectivity index (χ4v) is 3.95. The average molecular weight is 318 g/mol.